The number of hydrogen-bond donors (Lipinski definition) is 1. The van der Waals surface area contributed by atoms with Crippen LogP contribution >= 0.6 is 11.6 Å². The fraction of sp³-hybridized carbons (Fsp3) is 0.522. The van der Waals surface area contributed by atoms with Gasteiger partial charge in [-0.3, -0.25) is 19.2 Å². The van der Waals surface area contributed by atoms with Gasteiger partial charge < -0.3 is 5.32 Å². The summed E-state index contributed by atoms with van der Waals surface area (Å²) >= 11 is 6.46. The Bertz CT molecular complexity index is 960. The molecule has 2 amide bonds. The van der Waals surface area contributed by atoms with Gasteiger partial charge >= 0.3 is 0 Å². The number of halogens is 1. The Morgan fingerprint density at radius 1 is 1.30 bits per heavy atom. The van der Waals surface area contributed by atoms with E-state index in [4.69, 9.17) is 11.6 Å². The fourth-order valence-electron chi connectivity index (χ4n) is 3.62. The summed E-state index contributed by atoms with van der Waals surface area (Å²) in [5.74, 6) is -0.0217. The van der Waals surface area contributed by atoms with Crippen LogP contribution in [-0.2, 0) is 16.8 Å². The van der Waals surface area contributed by atoms with Crippen molar-refractivity contribution in [1.29, 1.82) is 0 Å². The first-order valence-corrected chi connectivity index (χ1v) is 10.8. The number of nitrogens with zero attached hydrogens (tertiary/aromatic N) is 3. The van der Waals surface area contributed by atoms with E-state index in [1.54, 1.807) is 23.7 Å². The molecule has 0 saturated heterocycles. The van der Waals surface area contributed by atoms with Gasteiger partial charge in [0, 0.05) is 12.0 Å². The summed E-state index contributed by atoms with van der Waals surface area (Å²) in [7, 11) is 0. The molecule has 0 fully saturated rings. The summed E-state index contributed by atoms with van der Waals surface area (Å²) in [6.45, 7) is 13.0. The van der Waals surface area contributed by atoms with Crippen molar-refractivity contribution in [1.82, 2.24) is 15.1 Å². The Balaban J connectivity index is 2.08. The van der Waals surface area contributed by atoms with Gasteiger partial charge in [-0.05, 0) is 37.5 Å². The maximum atomic E-state index is 13.6. The van der Waals surface area contributed by atoms with E-state index in [-0.39, 0.29) is 23.8 Å². The molecule has 0 saturated carbocycles. The summed E-state index contributed by atoms with van der Waals surface area (Å²) in [5.41, 5.74) is 0.431. The van der Waals surface area contributed by atoms with Crippen LogP contribution in [0.5, 0.6) is 0 Å². The minimum Gasteiger partial charge on any atom is -0.354 e. The second kappa shape index (κ2) is 8.06. The molecule has 1 aromatic carbocycles. The van der Waals surface area contributed by atoms with Crippen LogP contribution in [0.2, 0.25) is 5.02 Å². The summed E-state index contributed by atoms with van der Waals surface area (Å²) in [6.07, 6.45) is 0.864. The average Bonchev–Trinajstić information content (AvgIpc) is 3.07. The monoisotopic (exact) mass is 430 g/mol. The number of hydrogen-bond acceptors (Lipinski definition) is 3. The van der Waals surface area contributed by atoms with E-state index < -0.39 is 5.54 Å². The molecule has 1 unspecified atom stereocenters. The van der Waals surface area contributed by atoms with E-state index in [0.717, 1.165) is 12.1 Å². The summed E-state index contributed by atoms with van der Waals surface area (Å²) in [4.78, 5) is 28.5. The van der Waals surface area contributed by atoms with E-state index in [9.17, 15) is 9.59 Å². The molecule has 1 aliphatic heterocycles. The molecular weight excluding hydrogens is 400 g/mol. The number of carbonyl (C=O) groups is 2. The van der Waals surface area contributed by atoms with Crippen molar-refractivity contribution in [3.05, 3.63) is 46.7 Å². The van der Waals surface area contributed by atoms with Crippen molar-refractivity contribution in [2.75, 3.05) is 11.4 Å². The molecule has 162 valence electrons. The first-order valence-electron chi connectivity index (χ1n) is 10.4. The van der Waals surface area contributed by atoms with Gasteiger partial charge in [0.15, 0.2) is 0 Å². The van der Waals surface area contributed by atoms with Crippen LogP contribution in [0.15, 0.2) is 30.3 Å². The van der Waals surface area contributed by atoms with Gasteiger partial charge in [0.25, 0.3) is 5.91 Å². The van der Waals surface area contributed by atoms with E-state index in [0.29, 0.717) is 28.9 Å². The molecule has 0 spiro atoms. The number of para-hydroxylation sites is 1. The van der Waals surface area contributed by atoms with Crippen LogP contribution in [0.3, 0.4) is 0 Å². The predicted octanol–water partition coefficient (Wildman–Crippen LogP) is 4.42. The smallest absolute Gasteiger partial charge is 0.277 e. The zero-order chi connectivity index (χ0) is 22.3. The summed E-state index contributed by atoms with van der Waals surface area (Å²) in [5, 5.41) is 8.11. The quantitative estimate of drug-likeness (QED) is 0.763. The fourth-order valence-corrected chi connectivity index (χ4v) is 3.84. The van der Waals surface area contributed by atoms with Gasteiger partial charge in [-0.1, -0.05) is 58.4 Å². The number of aromatic nitrogens is 2. The van der Waals surface area contributed by atoms with Crippen LogP contribution in [-0.4, -0.2) is 33.7 Å². The van der Waals surface area contributed by atoms with Gasteiger partial charge in [0.1, 0.15) is 11.2 Å². The van der Waals surface area contributed by atoms with Gasteiger partial charge in [0.2, 0.25) is 5.91 Å². The number of fused-ring (bicyclic) bond motifs is 1. The molecule has 0 aliphatic carbocycles. The highest BCUT2D eigenvalue weighted by Crippen LogP contribution is 2.37. The number of benzene rings is 1. The SMILES string of the molecule is CC(C)CCNC(=O)C1(C)Cn2nc(C(C)(C)C)cc2C(=O)N1c1ccccc1Cl. The Labute approximate surface area is 183 Å². The summed E-state index contributed by atoms with van der Waals surface area (Å²) < 4.78 is 1.66. The standard InChI is InChI=1S/C23H31ClN4O2/c1-15(2)11-12-25-21(30)23(6)14-27-18(13-19(26-27)22(3,4)5)20(29)28(23)17-10-8-7-9-16(17)24/h7-10,13,15H,11-12,14H2,1-6H3,(H,25,30). The normalized spacial score (nSPS) is 19.2. The highest BCUT2D eigenvalue weighted by Gasteiger charge is 2.49. The molecule has 1 N–H and O–H groups in total. The lowest BCUT2D eigenvalue weighted by atomic mass is 9.91. The molecule has 1 aliphatic rings. The lowest BCUT2D eigenvalue weighted by Crippen LogP contribution is -2.64. The lowest BCUT2D eigenvalue weighted by molar-refractivity contribution is -0.126. The zero-order valence-electron chi connectivity index (χ0n) is 18.6. The van der Waals surface area contributed by atoms with Crippen molar-refractivity contribution < 1.29 is 9.59 Å². The Hall–Kier alpha value is -2.34. The van der Waals surface area contributed by atoms with Crippen molar-refractivity contribution >= 4 is 29.1 Å². The predicted molar refractivity (Wildman–Crippen MR) is 120 cm³/mol. The maximum Gasteiger partial charge on any atom is 0.277 e. The third kappa shape index (κ3) is 4.10. The van der Waals surface area contributed by atoms with Crippen LogP contribution in [0, 0.1) is 5.92 Å². The Kier molecular flexibility index (Phi) is 6.01. The van der Waals surface area contributed by atoms with Crippen molar-refractivity contribution in [3.63, 3.8) is 0 Å². The third-order valence-electron chi connectivity index (χ3n) is 5.51. The maximum absolute atomic E-state index is 13.6. The van der Waals surface area contributed by atoms with Crippen molar-refractivity contribution in [2.45, 2.75) is 65.5 Å². The molecule has 6 nitrogen and oxygen atoms in total. The number of nitrogens with one attached hydrogen (secondary N) is 1. The van der Waals surface area contributed by atoms with Gasteiger partial charge in [-0.2, -0.15) is 5.10 Å². The lowest BCUT2D eigenvalue weighted by Gasteiger charge is -2.43. The van der Waals surface area contributed by atoms with Crippen molar-refractivity contribution in [3.8, 4) is 0 Å². The first kappa shape index (κ1) is 22.3. The molecular formula is C23H31ClN4O2. The zero-order valence-corrected chi connectivity index (χ0v) is 19.4. The second-order valence-electron chi connectivity index (χ2n) is 9.63. The molecule has 7 heteroatoms. The van der Waals surface area contributed by atoms with Crippen LogP contribution in [0.4, 0.5) is 5.69 Å². The molecule has 0 radical (unpaired) electrons. The molecule has 3 rings (SSSR count). The Morgan fingerprint density at radius 3 is 2.57 bits per heavy atom. The topological polar surface area (TPSA) is 67.2 Å². The van der Waals surface area contributed by atoms with E-state index in [1.165, 1.54) is 4.90 Å². The number of anilines is 1. The number of carbonyl (C=O) groups excluding carboxylic acids is 2. The highest BCUT2D eigenvalue weighted by molar-refractivity contribution is 6.34. The third-order valence-corrected chi connectivity index (χ3v) is 5.83. The number of amides is 2. The van der Waals surface area contributed by atoms with E-state index >= 15 is 0 Å². The molecule has 2 aromatic rings. The molecule has 2 heterocycles. The van der Waals surface area contributed by atoms with Crippen molar-refractivity contribution in [2.24, 2.45) is 5.92 Å². The average molecular weight is 431 g/mol. The first-order chi connectivity index (χ1) is 13.9. The minimum absolute atomic E-state index is 0.213. The molecule has 1 aromatic heterocycles. The minimum atomic E-state index is -1.16. The highest BCUT2D eigenvalue weighted by atomic mass is 35.5. The molecule has 1 atom stereocenters. The summed E-state index contributed by atoms with van der Waals surface area (Å²) in [6, 6.07) is 8.95. The number of rotatable bonds is 5. The second-order valence-corrected chi connectivity index (χ2v) is 10.0. The van der Waals surface area contributed by atoms with E-state index in [1.807, 2.05) is 18.2 Å². The van der Waals surface area contributed by atoms with E-state index in [2.05, 4.69) is 45.0 Å². The van der Waals surface area contributed by atoms with Gasteiger partial charge in [-0.25, -0.2) is 0 Å². The van der Waals surface area contributed by atoms with Crippen LogP contribution in [0.25, 0.3) is 0 Å². The Morgan fingerprint density at radius 2 is 1.97 bits per heavy atom. The van der Waals surface area contributed by atoms with Gasteiger partial charge in [0.05, 0.1) is 22.9 Å². The molecule has 0 bridgehead atoms. The van der Waals surface area contributed by atoms with Crippen LogP contribution < -0.4 is 10.2 Å². The van der Waals surface area contributed by atoms with Crippen LogP contribution in [0.1, 0.15) is 64.1 Å². The van der Waals surface area contributed by atoms with Gasteiger partial charge in [-0.15, -0.1) is 0 Å². The largest absolute Gasteiger partial charge is 0.354 e. The molecule has 30 heavy (non-hydrogen) atoms.